The molecule has 3 rings (SSSR count). The van der Waals surface area contributed by atoms with Gasteiger partial charge in [0.2, 0.25) is 0 Å². The molecule has 0 saturated heterocycles. The van der Waals surface area contributed by atoms with Gasteiger partial charge in [-0.3, -0.25) is 4.68 Å². The van der Waals surface area contributed by atoms with Crippen LogP contribution in [0.5, 0.6) is 0 Å². The third kappa shape index (κ3) is 1.92. The SMILES string of the molecule is Cn1ncc(-c2ccc3c(c2)ncn3C)c1CCN. The van der Waals surface area contributed by atoms with Gasteiger partial charge in [0.15, 0.2) is 0 Å². The predicted molar refractivity (Wildman–Crippen MR) is 75.7 cm³/mol. The Hall–Kier alpha value is -2.14. The van der Waals surface area contributed by atoms with E-state index in [9.17, 15) is 0 Å². The van der Waals surface area contributed by atoms with Gasteiger partial charge in [0, 0.05) is 31.8 Å². The normalized spacial score (nSPS) is 11.3. The van der Waals surface area contributed by atoms with E-state index in [0.717, 1.165) is 34.3 Å². The second kappa shape index (κ2) is 4.51. The number of benzene rings is 1. The quantitative estimate of drug-likeness (QED) is 0.771. The summed E-state index contributed by atoms with van der Waals surface area (Å²) in [6.45, 7) is 0.623. The number of hydrogen-bond donors (Lipinski definition) is 1. The van der Waals surface area contributed by atoms with Crippen LogP contribution in [0.2, 0.25) is 0 Å². The van der Waals surface area contributed by atoms with Crippen LogP contribution in [0.1, 0.15) is 5.69 Å². The lowest BCUT2D eigenvalue weighted by Gasteiger charge is -2.05. The van der Waals surface area contributed by atoms with Gasteiger partial charge in [-0.25, -0.2) is 4.98 Å². The summed E-state index contributed by atoms with van der Waals surface area (Å²) < 4.78 is 3.91. The molecule has 0 unspecified atom stereocenters. The van der Waals surface area contributed by atoms with Gasteiger partial charge in [-0.2, -0.15) is 5.10 Å². The van der Waals surface area contributed by atoms with Gasteiger partial charge >= 0.3 is 0 Å². The number of aromatic nitrogens is 4. The standard InChI is InChI=1S/C14H17N5/c1-18-9-16-12-7-10(3-4-14(12)18)11-8-17-19(2)13(11)5-6-15/h3-4,7-9H,5-6,15H2,1-2H3. The monoisotopic (exact) mass is 255 g/mol. The molecule has 0 fully saturated rings. The second-order valence-corrected chi connectivity index (χ2v) is 4.73. The molecule has 0 bridgehead atoms. The average molecular weight is 255 g/mol. The summed E-state index contributed by atoms with van der Waals surface area (Å²) in [7, 11) is 3.95. The zero-order chi connectivity index (χ0) is 13.4. The van der Waals surface area contributed by atoms with Crippen molar-refractivity contribution in [2.75, 3.05) is 6.54 Å². The first-order chi connectivity index (χ1) is 9.20. The molecule has 2 N–H and O–H groups in total. The lowest BCUT2D eigenvalue weighted by molar-refractivity contribution is 0.707. The molecule has 0 atom stereocenters. The molecule has 98 valence electrons. The number of aryl methyl sites for hydroxylation is 2. The third-order valence-corrected chi connectivity index (χ3v) is 3.48. The van der Waals surface area contributed by atoms with E-state index in [1.807, 2.05) is 35.9 Å². The van der Waals surface area contributed by atoms with Crippen LogP contribution in [0.3, 0.4) is 0 Å². The topological polar surface area (TPSA) is 61.7 Å². The van der Waals surface area contributed by atoms with Crippen molar-refractivity contribution in [3.05, 3.63) is 36.4 Å². The molecule has 0 amide bonds. The Labute approximate surface area is 111 Å². The number of fused-ring (bicyclic) bond motifs is 1. The van der Waals surface area contributed by atoms with Crippen molar-refractivity contribution in [3.63, 3.8) is 0 Å². The molecular formula is C14H17N5. The van der Waals surface area contributed by atoms with Crippen LogP contribution in [0.4, 0.5) is 0 Å². The highest BCUT2D eigenvalue weighted by molar-refractivity contribution is 5.82. The van der Waals surface area contributed by atoms with E-state index >= 15 is 0 Å². The highest BCUT2D eigenvalue weighted by Gasteiger charge is 2.11. The zero-order valence-corrected chi connectivity index (χ0v) is 11.2. The Morgan fingerprint density at radius 3 is 2.89 bits per heavy atom. The maximum Gasteiger partial charge on any atom is 0.0955 e. The Morgan fingerprint density at radius 2 is 2.11 bits per heavy atom. The van der Waals surface area contributed by atoms with Crippen molar-refractivity contribution < 1.29 is 0 Å². The molecule has 5 heteroatoms. The van der Waals surface area contributed by atoms with E-state index < -0.39 is 0 Å². The molecule has 0 aliphatic carbocycles. The Morgan fingerprint density at radius 1 is 1.26 bits per heavy atom. The van der Waals surface area contributed by atoms with Gasteiger partial charge in [0.05, 0.1) is 23.6 Å². The first-order valence-corrected chi connectivity index (χ1v) is 6.33. The van der Waals surface area contributed by atoms with Crippen molar-refractivity contribution in [2.45, 2.75) is 6.42 Å². The van der Waals surface area contributed by atoms with Crippen molar-refractivity contribution >= 4 is 11.0 Å². The molecule has 3 aromatic rings. The average Bonchev–Trinajstić information content (AvgIpc) is 2.95. The van der Waals surface area contributed by atoms with Gasteiger partial charge in [-0.05, 0) is 24.2 Å². The molecule has 2 aromatic heterocycles. The molecule has 1 aromatic carbocycles. The number of hydrogen-bond acceptors (Lipinski definition) is 3. The molecule has 5 nitrogen and oxygen atoms in total. The lowest BCUT2D eigenvalue weighted by atomic mass is 10.0. The summed E-state index contributed by atoms with van der Waals surface area (Å²) in [5, 5.41) is 4.33. The largest absolute Gasteiger partial charge is 0.334 e. The molecule has 0 radical (unpaired) electrons. The summed E-state index contributed by atoms with van der Waals surface area (Å²) in [6.07, 6.45) is 4.56. The molecule has 2 heterocycles. The molecule has 0 aliphatic heterocycles. The zero-order valence-electron chi connectivity index (χ0n) is 11.2. The molecule has 0 saturated carbocycles. The van der Waals surface area contributed by atoms with Gasteiger partial charge in [-0.15, -0.1) is 0 Å². The molecule has 19 heavy (non-hydrogen) atoms. The van der Waals surface area contributed by atoms with Crippen molar-refractivity contribution in [1.29, 1.82) is 0 Å². The van der Waals surface area contributed by atoms with Crippen LogP contribution in [0.15, 0.2) is 30.7 Å². The summed E-state index contributed by atoms with van der Waals surface area (Å²) in [6, 6.07) is 6.31. The minimum absolute atomic E-state index is 0.623. The fourth-order valence-electron chi connectivity index (χ4n) is 2.44. The third-order valence-electron chi connectivity index (χ3n) is 3.48. The number of nitrogens with zero attached hydrogens (tertiary/aromatic N) is 4. The first kappa shape index (κ1) is 11.9. The smallest absolute Gasteiger partial charge is 0.0955 e. The highest BCUT2D eigenvalue weighted by Crippen LogP contribution is 2.26. The van der Waals surface area contributed by atoms with Crippen molar-refractivity contribution in [3.8, 4) is 11.1 Å². The van der Waals surface area contributed by atoms with Crippen LogP contribution < -0.4 is 5.73 Å². The van der Waals surface area contributed by atoms with Gasteiger partial charge in [0.25, 0.3) is 0 Å². The fourth-order valence-corrected chi connectivity index (χ4v) is 2.44. The van der Waals surface area contributed by atoms with Crippen LogP contribution in [-0.2, 0) is 20.5 Å². The maximum absolute atomic E-state index is 5.67. The highest BCUT2D eigenvalue weighted by atomic mass is 15.3. The van der Waals surface area contributed by atoms with E-state index in [0.29, 0.717) is 6.54 Å². The van der Waals surface area contributed by atoms with Gasteiger partial charge in [0.1, 0.15) is 0 Å². The molecule has 0 spiro atoms. The Balaban J connectivity index is 2.13. The Kier molecular flexibility index (Phi) is 2.83. The van der Waals surface area contributed by atoms with Crippen molar-refractivity contribution in [1.82, 2.24) is 19.3 Å². The van der Waals surface area contributed by atoms with Crippen LogP contribution in [-0.4, -0.2) is 25.9 Å². The summed E-state index contributed by atoms with van der Waals surface area (Å²) in [5.41, 5.74) is 11.3. The van der Waals surface area contributed by atoms with E-state index in [2.05, 4.69) is 28.3 Å². The van der Waals surface area contributed by atoms with Gasteiger partial charge < -0.3 is 10.3 Å². The lowest BCUT2D eigenvalue weighted by Crippen LogP contribution is -2.08. The number of nitrogens with two attached hydrogens (primary N) is 1. The van der Waals surface area contributed by atoms with Gasteiger partial charge in [-0.1, -0.05) is 6.07 Å². The van der Waals surface area contributed by atoms with Crippen molar-refractivity contribution in [2.24, 2.45) is 19.8 Å². The van der Waals surface area contributed by atoms with Crippen LogP contribution in [0, 0.1) is 0 Å². The van der Waals surface area contributed by atoms with Crippen LogP contribution >= 0.6 is 0 Å². The first-order valence-electron chi connectivity index (χ1n) is 6.33. The second-order valence-electron chi connectivity index (χ2n) is 4.73. The van der Waals surface area contributed by atoms with E-state index in [1.54, 1.807) is 0 Å². The number of rotatable bonds is 3. The summed E-state index contributed by atoms with van der Waals surface area (Å²) in [5.74, 6) is 0. The number of imidazole rings is 1. The minimum Gasteiger partial charge on any atom is -0.334 e. The summed E-state index contributed by atoms with van der Waals surface area (Å²) >= 11 is 0. The predicted octanol–water partition coefficient (Wildman–Crippen LogP) is 1.47. The minimum atomic E-state index is 0.623. The molecular weight excluding hydrogens is 238 g/mol. The molecule has 0 aliphatic rings. The maximum atomic E-state index is 5.67. The van der Waals surface area contributed by atoms with Crippen LogP contribution in [0.25, 0.3) is 22.2 Å². The van der Waals surface area contributed by atoms with E-state index in [-0.39, 0.29) is 0 Å². The Bertz CT molecular complexity index is 723. The van der Waals surface area contributed by atoms with E-state index in [4.69, 9.17) is 5.73 Å². The van der Waals surface area contributed by atoms with E-state index in [1.165, 1.54) is 0 Å². The summed E-state index contributed by atoms with van der Waals surface area (Å²) in [4.78, 5) is 4.40. The fraction of sp³-hybridized carbons (Fsp3) is 0.286.